The zero-order chi connectivity index (χ0) is 11.5. The van der Waals surface area contributed by atoms with Crippen molar-refractivity contribution < 1.29 is 9.90 Å². The molecule has 0 radical (unpaired) electrons. The van der Waals surface area contributed by atoms with Gasteiger partial charge in [-0.3, -0.25) is 9.59 Å². The molecule has 1 aromatic rings. The van der Waals surface area contributed by atoms with Crippen LogP contribution >= 0.6 is 0 Å². The number of nitrogens with one attached hydrogen (secondary N) is 2. The van der Waals surface area contributed by atoms with Gasteiger partial charge in [-0.2, -0.15) is 0 Å². The number of amides is 1. The Labute approximate surface area is 91.7 Å². The summed E-state index contributed by atoms with van der Waals surface area (Å²) in [6.45, 7) is 0.226. The molecule has 1 amide bonds. The molecule has 1 aliphatic rings. The Bertz CT molecular complexity index is 419. The molecular weight excluding hydrogens is 210 g/mol. The molecule has 1 aliphatic carbocycles. The van der Waals surface area contributed by atoms with Crippen molar-refractivity contribution in [2.45, 2.75) is 18.9 Å². The van der Waals surface area contributed by atoms with Crippen molar-refractivity contribution in [3.8, 4) is 0 Å². The van der Waals surface area contributed by atoms with E-state index in [1.54, 1.807) is 0 Å². The molecule has 2 rings (SSSR count). The van der Waals surface area contributed by atoms with Gasteiger partial charge >= 0.3 is 0 Å². The van der Waals surface area contributed by atoms with Crippen LogP contribution in [0.5, 0.6) is 0 Å². The summed E-state index contributed by atoms with van der Waals surface area (Å²) in [6.07, 6.45) is 3.86. The lowest BCUT2D eigenvalue weighted by Gasteiger charge is -2.09. The van der Waals surface area contributed by atoms with E-state index in [9.17, 15) is 14.7 Å². The summed E-state index contributed by atoms with van der Waals surface area (Å²) in [5, 5.41) is 12.1. The number of carbonyl (C=O) groups excluding carboxylic acids is 1. The van der Waals surface area contributed by atoms with Gasteiger partial charge in [-0.1, -0.05) is 0 Å². The molecular formula is C10H13N3O3. The molecule has 86 valence electrons. The summed E-state index contributed by atoms with van der Waals surface area (Å²) in [7, 11) is 0. The highest BCUT2D eigenvalue weighted by Gasteiger charge is 2.29. The molecule has 16 heavy (non-hydrogen) atoms. The van der Waals surface area contributed by atoms with Crippen molar-refractivity contribution in [2.75, 3.05) is 6.54 Å². The summed E-state index contributed by atoms with van der Waals surface area (Å²) in [5.74, 6) is -0.0696. The lowest BCUT2D eigenvalue weighted by atomic mass is 10.2. The molecule has 1 atom stereocenters. The maximum Gasteiger partial charge on any atom is 0.271 e. The molecule has 1 fully saturated rings. The molecule has 1 aromatic heterocycles. The number of hydrogen-bond acceptors (Lipinski definition) is 4. The topological polar surface area (TPSA) is 95.1 Å². The normalized spacial score (nSPS) is 16.8. The van der Waals surface area contributed by atoms with Crippen LogP contribution in [-0.4, -0.2) is 33.6 Å². The second kappa shape index (κ2) is 4.44. The largest absolute Gasteiger partial charge is 0.391 e. The molecule has 6 nitrogen and oxygen atoms in total. The number of aliphatic hydroxyl groups excluding tert-OH is 1. The fraction of sp³-hybridized carbons (Fsp3) is 0.500. The van der Waals surface area contributed by atoms with Crippen LogP contribution < -0.4 is 10.9 Å². The second-order valence-corrected chi connectivity index (χ2v) is 3.91. The molecule has 0 saturated heterocycles. The standard InChI is InChI=1S/C10H13N3O3/c14-8(6-1-2-6)4-13-10(16)7-3-12-9(15)5-11-7/h3,5-6,8,14H,1-2,4H2,(H,12,15)(H,13,16). The summed E-state index contributed by atoms with van der Waals surface area (Å²) >= 11 is 0. The van der Waals surface area contributed by atoms with Gasteiger partial charge in [-0.05, 0) is 18.8 Å². The summed E-state index contributed by atoms with van der Waals surface area (Å²) in [4.78, 5) is 28.3. The Balaban J connectivity index is 1.87. The SMILES string of the molecule is O=C(NCC(O)C1CC1)c1c[nH]c(=O)cn1. The Morgan fingerprint density at radius 2 is 2.44 bits per heavy atom. The van der Waals surface area contributed by atoms with Crippen molar-refractivity contribution >= 4 is 5.91 Å². The molecule has 3 N–H and O–H groups in total. The molecule has 1 saturated carbocycles. The zero-order valence-electron chi connectivity index (χ0n) is 8.64. The van der Waals surface area contributed by atoms with Crippen LogP contribution in [0, 0.1) is 5.92 Å². The number of nitrogens with zero attached hydrogens (tertiary/aromatic N) is 1. The third-order valence-corrected chi connectivity index (χ3v) is 2.54. The van der Waals surface area contributed by atoms with Gasteiger partial charge in [-0.25, -0.2) is 4.98 Å². The van der Waals surface area contributed by atoms with Crippen LogP contribution in [0.3, 0.4) is 0 Å². The van der Waals surface area contributed by atoms with Gasteiger partial charge in [0.25, 0.3) is 11.5 Å². The zero-order valence-corrected chi connectivity index (χ0v) is 8.64. The smallest absolute Gasteiger partial charge is 0.271 e. The number of rotatable bonds is 4. The number of hydrogen-bond donors (Lipinski definition) is 3. The van der Waals surface area contributed by atoms with Crippen LogP contribution in [0.4, 0.5) is 0 Å². The van der Waals surface area contributed by atoms with Crippen LogP contribution in [0.25, 0.3) is 0 Å². The first-order chi connectivity index (χ1) is 7.66. The number of aromatic nitrogens is 2. The first kappa shape index (κ1) is 10.8. The molecule has 0 aromatic carbocycles. The highest BCUT2D eigenvalue weighted by atomic mass is 16.3. The average Bonchev–Trinajstić information content (AvgIpc) is 3.10. The summed E-state index contributed by atoms with van der Waals surface area (Å²) in [6, 6.07) is 0. The Kier molecular flexibility index (Phi) is 3.00. The fourth-order valence-corrected chi connectivity index (χ4v) is 1.40. The van der Waals surface area contributed by atoms with Crippen molar-refractivity contribution in [3.63, 3.8) is 0 Å². The number of aliphatic hydroxyl groups is 1. The molecule has 1 unspecified atom stereocenters. The van der Waals surface area contributed by atoms with Crippen LogP contribution in [0.2, 0.25) is 0 Å². The minimum atomic E-state index is -0.480. The highest BCUT2D eigenvalue weighted by molar-refractivity contribution is 5.91. The van der Waals surface area contributed by atoms with Crippen molar-refractivity contribution in [3.05, 3.63) is 28.4 Å². The maximum absolute atomic E-state index is 11.5. The van der Waals surface area contributed by atoms with Crippen LogP contribution in [0.15, 0.2) is 17.2 Å². The van der Waals surface area contributed by atoms with Crippen molar-refractivity contribution in [1.82, 2.24) is 15.3 Å². The number of H-pyrrole nitrogens is 1. The van der Waals surface area contributed by atoms with E-state index in [1.807, 2.05) is 0 Å². The lowest BCUT2D eigenvalue weighted by Crippen LogP contribution is -2.33. The van der Waals surface area contributed by atoms with E-state index in [0.29, 0.717) is 5.92 Å². The van der Waals surface area contributed by atoms with Crippen LogP contribution in [-0.2, 0) is 0 Å². The fourth-order valence-electron chi connectivity index (χ4n) is 1.40. The number of carbonyl (C=O) groups is 1. The maximum atomic E-state index is 11.5. The third kappa shape index (κ3) is 2.66. The third-order valence-electron chi connectivity index (χ3n) is 2.54. The van der Waals surface area contributed by atoms with E-state index in [2.05, 4.69) is 15.3 Å². The van der Waals surface area contributed by atoms with Gasteiger partial charge in [0.2, 0.25) is 0 Å². The van der Waals surface area contributed by atoms with E-state index in [4.69, 9.17) is 0 Å². The minimum absolute atomic E-state index is 0.141. The van der Waals surface area contributed by atoms with Crippen molar-refractivity contribution in [2.24, 2.45) is 5.92 Å². The molecule has 0 aliphatic heterocycles. The predicted octanol–water partition coefficient (Wildman–Crippen LogP) is -0.729. The van der Waals surface area contributed by atoms with Gasteiger partial charge in [-0.15, -0.1) is 0 Å². The van der Waals surface area contributed by atoms with Crippen molar-refractivity contribution in [1.29, 1.82) is 0 Å². The van der Waals surface area contributed by atoms with Gasteiger partial charge in [0, 0.05) is 12.7 Å². The van der Waals surface area contributed by atoms with E-state index < -0.39 is 12.0 Å². The quantitative estimate of drug-likeness (QED) is 0.627. The van der Waals surface area contributed by atoms with Gasteiger partial charge < -0.3 is 15.4 Å². The Morgan fingerprint density at radius 1 is 1.69 bits per heavy atom. The van der Waals surface area contributed by atoms with E-state index in [-0.39, 0.29) is 17.8 Å². The first-order valence-electron chi connectivity index (χ1n) is 5.18. The minimum Gasteiger partial charge on any atom is -0.391 e. The molecule has 0 bridgehead atoms. The number of aromatic amines is 1. The van der Waals surface area contributed by atoms with Gasteiger partial charge in [0.15, 0.2) is 0 Å². The molecule has 6 heteroatoms. The Morgan fingerprint density at radius 3 is 3.00 bits per heavy atom. The molecule has 0 spiro atoms. The highest BCUT2D eigenvalue weighted by Crippen LogP contribution is 2.32. The van der Waals surface area contributed by atoms with Crippen LogP contribution in [0.1, 0.15) is 23.3 Å². The second-order valence-electron chi connectivity index (χ2n) is 3.91. The monoisotopic (exact) mass is 223 g/mol. The van der Waals surface area contributed by atoms with E-state index in [0.717, 1.165) is 19.0 Å². The first-order valence-corrected chi connectivity index (χ1v) is 5.18. The van der Waals surface area contributed by atoms with Gasteiger partial charge in [0.05, 0.1) is 12.3 Å². The Hall–Kier alpha value is -1.69. The summed E-state index contributed by atoms with van der Waals surface area (Å²) < 4.78 is 0. The van der Waals surface area contributed by atoms with E-state index in [1.165, 1.54) is 6.20 Å². The van der Waals surface area contributed by atoms with Gasteiger partial charge in [0.1, 0.15) is 5.69 Å². The molecule has 1 heterocycles. The lowest BCUT2D eigenvalue weighted by molar-refractivity contribution is 0.0896. The average molecular weight is 223 g/mol. The van der Waals surface area contributed by atoms with E-state index >= 15 is 0 Å². The summed E-state index contributed by atoms with van der Waals surface area (Å²) in [5.41, 5.74) is -0.211. The predicted molar refractivity (Wildman–Crippen MR) is 55.9 cm³/mol.